The number of piperazine rings is 1. The predicted molar refractivity (Wildman–Crippen MR) is 113 cm³/mol. The topological polar surface area (TPSA) is 32.8 Å². The number of hydrogen-bond donors (Lipinski definition) is 0. The zero-order valence-corrected chi connectivity index (χ0v) is 16.9. The van der Waals surface area contributed by atoms with Crippen molar-refractivity contribution in [3.8, 4) is 5.75 Å². The summed E-state index contributed by atoms with van der Waals surface area (Å²) in [5, 5.41) is 2.10. The molecule has 1 aliphatic heterocycles. The second-order valence-corrected chi connectivity index (χ2v) is 8.09. The van der Waals surface area contributed by atoms with Gasteiger partial charge in [0.2, 0.25) is 0 Å². The average molecular weight is 411 g/mol. The summed E-state index contributed by atoms with van der Waals surface area (Å²) in [6, 6.07) is 17.7. The average Bonchev–Trinajstić information content (AvgIpc) is 3.27. The third kappa shape index (κ3) is 5.02. The fourth-order valence-corrected chi connectivity index (χ4v) is 4.16. The summed E-state index contributed by atoms with van der Waals surface area (Å²) in [7, 11) is 0. The Kier molecular flexibility index (Phi) is 6.22. The van der Waals surface area contributed by atoms with E-state index in [0.717, 1.165) is 25.2 Å². The van der Waals surface area contributed by atoms with Crippen molar-refractivity contribution >= 4 is 17.2 Å². The van der Waals surface area contributed by atoms with Crippen molar-refractivity contribution in [3.63, 3.8) is 0 Å². The molecule has 0 N–H and O–H groups in total. The van der Waals surface area contributed by atoms with Crippen molar-refractivity contribution in [3.05, 3.63) is 87.9 Å². The Morgan fingerprint density at radius 2 is 1.72 bits per heavy atom. The first-order valence-corrected chi connectivity index (χ1v) is 10.6. The number of carbonyl (C=O) groups excluding carboxylic acids is 1. The molecular weight excluding hydrogens is 387 g/mol. The number of carbonyl (C=O) groups is 1. The van der Waals surface area contributed by atoms with Crippen LogP contribution in [0.25, 0.3) is 0 Å². The summed E-state index contributed by atoms with van der Waals surface area (Å²) in [6.45, 7) is 4.37. The zero-order chi connectivity index (χ0) is 20.1. The van der Waals surface area contributed by atoms with Gasteiger partial charge in [0.1, 0.15) is 18.2 Å². The van der Waals surface area contributed by atoms with E-state index < -0.39 is 0 Å². The Bertz CT molecular complexity index is 936. The van der Waals surface area contributed by atoms with Gasteiger partial charge in [-0.3, -0.25) is 9.69 Å². The maximum Gasteiger partial charge on any atom is 0.257 e. The molecule has 1 fully saturated rings. The molecule has 0 saturated carbocycles. The molecule has 150 valence electrons. The van der Waals surface area contributed by atoms with Crippen LogP contribution in [0.1, 0.15) is 20.8 Å². The normalized spacial score (nSPS) is 14.7. The summed E-state index contributed by atoms with van der Waals surface area (Å²) < 4.78 is 19.0. The number of hydrogen-bond acceptors (Lipinski definition) is 4. The number of para-hydroxylation sites is 1. The molecule has 0 atom stereocenters. The Morgan fingerprint density at radius 3 is 2.45 bits per heavy atom. The van der Waals surface area contributed by atoms with E-state index in [4.69, 9.17) is 4.74 Å². The highest BCUT2D eigenvalue weighted by atomic mass is 32.1. The van der Waals surface area contributed by atoms with Gasteiger partial charge in [-0.05, 0) is 41.3 Å². The molecule has 3 aromatic rings. The van der Waals surface area contributed by atoms with Crippen LogP contribution in [0.4, 0.5) is 4.39 Å². The standard InChI is InChI=1S/C23H23FN2O2S/c24-19-9-7-18(8-10-19)17-28-22-6-2-1-5-21(22)23(27)26-13-11-25(12-14-26)16-20-4-3-15-29-20/h1-10,15H,11-14,16-17H2. The molecule has 0 aliphatic carbocycles. The Balaban J connectivity index is 1.37. The minimum Gasteiger partial charge on any atom is -0.488 e. The van der Waals surface area contributed by atoms with Crippen molar-refractivity contribution in [2.75, 3.05) is 26.2 Å². The maximum atomic E-state index is 13.1. The summed E-state index contributed by atoms with van der Waals surface area (Å²) in [5.74, 6) is 0.279. The van der Waals surface area contributed by atoms with E-state index in [0.29, 0.717) is 31.0 Å². The predicted octanol–water partition coefficient (Wildman–Crippen LogP) is 4.42. The van der Waals surface area contributed by atoms with E-state index in [1.165, 1.54) is 17.0 Å². The number of ether oxygens (including phenoxy) is 1. The third-order valence-electron chi connectivity index (χ3n) is 5.04. The largest absolute Gasteiger partial charge is 0.488 e. The highest BCUT2D eigenvalue weighted by molar-refractivity contribution is 7.09. The fourth-order valence-electron chi connectivity index (χ4n) is 3.41. The lowest BCUT2D eigenvalue weighted by Crippen LogP contribution is -2.48. The van der Waals surface area contributed by atoms with E-state index in [9.17, 15) is 9.18 Å². The zero-order valence-electron chi connectivity index (χ0n) is 16.1. The highest BCUT2D eigenvalue weighted by Gasteiger charge is 2.24. The van der Waals surface area contributed by atoms with Crippen LogP contribution < -0.4 is 4.74 Å². The molecule has 1 aromatic heterocycles. The molecule has 2 heterocycles. The molecule has 29 heavy (non-hydrogen) atoms. The second-order valence-electron chi connectivity index (χ2n) is 7.06. The Morgan fingerprint density at radius 1 is 0.966 bits per heavy atom. The van der Waals surface area contributed by atoms with Crippen molar-refractivity contribution in [1.29, 1.82) is 0 Å². The molecule has 6 heteroatoms. The molecule has 2 aromatic carbocycles. The van der Waals surface area contributed by atoms with Gasteiger partial charge < -0.3 is 9.64 Å². The molecule has 1 aliphatic rings. The molecule has 0 spiro atoms. The summed E-state index contributed by atoms with van der Waals surface area (Å²) in [5.41, 5.74) is 1.43. The van der Waals surface area contributed by atoms with Gasteiger partial charge in [-0.1, -0.05) is 30.3 Å². The first-order chi connectivity index (χ1) is 14.2. The van der Waals surface area contributed by atoms with Crippen molar-refractivity contribution in [1.82, 2.24) is 9.80 Å². The molecule has 0 bridgehead atoms. The number of nitrogens with zero attached hydrogens (tertiary/aromatic N) is 2. The van der Waals surface area contributed by atoms with E-state index >= 15 is 0 Å². The lowest BCUT2D eigenvalue weighted by molar-refractivity contribution is 0.0625. The molecule has 0 unspecified atom stereocenters. The fraction of sp³-hybridized carbons (Fsp3) is 0.261. The molecule has 4 nitrogen and oxygen atoms in total. The van der Waals surface area contributed by atoms with E-state index in [1.807, 2.05) is 23.1 Å². The molecular formula is C23H23FN2O2S. The van der Waals surface area contributed by atoms with Crippen molar-refractivity contribution < 1.29 is 13.9 Å². The van der Waals surface area contributed by atoms with Gasteiger partial charge in [0, 0.05) is 37.6 Å². The molecule has 4 rings (SSSR count). The van der Waals surface area contributed by atoms with Crippen LogP contribution in [0.15, 0.2) is 66.0 Å². The van der Waals surface area contributed by atoms with Crippen molar-refractivity contribution in [2.24, 2.45) is 0 Å². The summed E-state index contributed by atoms with van der Waals surface area (Å²) >= 11 is 1.77. The Hall–Kier alpha value is -2.70. The number of benzene rings is 2. The van der Waals surface area contributed by atoms with E-state index in [2.05, 4.69) is 22.4 Å². The second kappa shape index (κ2) is 9.20. The number of rotatable bonds is 6. The van der Waals surface area contributed by atoms with Gasteiger partial charge in [0.15, 0.2) is 0 Å². The number of amides is 1. The van der Waals surface area contributed by atoms with Crippen LogP contribution in [-0.2, 0) is 13.2 Å². The number of thiophene rings is 1. The van der Waals surface area contributed by atoms with Gasteiger partial charge >= 0.3 is 0 Å². The minimum atomic E-state index is -0.275. The third-order valence-corrected chi connectivity index (χ3v) is 5.91. The number of halogens is 1. The van der Waals surface area contributed by atoms with Crippen LogP contribution in [0.2, 0.25) is 0 Å². The SMILES string of the molecule is O=C(c1ccccc1OCc1ccc(F)cc1)N1CCN(Cc2cccs2)CC1. The first-order valence-electron chi connectivity index (χ1n) is 9.69. The minimum absolute atomic E-state index is 0.00419. The quantitative estimate of drug-likeness (QED) is 0.603. The first kappa shape index (κ1) is 19.6. The van der Waals surface area contributed by atoms with Crippen LogP contribution in [0.3, 0.4) is 0 Å². The molecule has 1 saturated heterocycles. The lowest BCUT2D eigenvalue weighted by atomic mass is 10.1. The maximum absolute atomic E-state index is 13.1. The highest BCUT2D eigenvalue weighted by Crippen LogP contribution is 2.22. The van der Waals surface area contributed by atoms with Crippen molar-refractivity contribution in [2.45, 2.75) is 13.2 Å². The summed E-state index contributed by atoms with van der Waals surface area (Å²) in [6.07, 6.45) is 0. The Labute approximate surface area is 174 Å². The van der Waals surface area contributed by atoms with Crippen LogP contribution in [0, 0.1) is 5.82 Å². The van der Waals surface area contributed by atoms with Gasteiger partial charge in [-0.25, -0.2) is 4.39 Å². The van der Waals surface area contributed by atoms with Crippen LogP contribution in [-0.4, -0.2) is 41.9 Å². The van der Waals surface area contributed by atoms with Gasteiger partial charge in [0.05, 0.1) is 5.56 Å². The van der Waals surface area contributed by atoms with Gasteiger partial charge in [0.25, 0.3) is 5.91 Å². The monoisotopic (exact) mass is 410 g/mol. The molecule has 0 radical (unpaired) electrons. The smallest absolute Gasteiger partial charge is 0.257 e. The van der Waals surface area contributed by atoms with E-state index in [-0.39, 0.29) is 11.7 Å². The van der Waals surface area contributed by atoms with Gasteiger partial charge in [-0.2, -0.15) is 0 Å². The summed E-state index contributed by atoms with van der Waals surface area (Å²) in [4.78, 5) is 18.7. The lowest BCUT2D eigenvalue weighted by Gasteiger charge is -2.34. The van der Waals surface area contributed by atoms with Crippen LogP contribution >= 0.6 is 11.3 Å². The van der Waals surface area contributed by atoms with E-state index in [1.54, 1.807) is 29.5 Å². The molecule has 1 amide bonds. The van der Waals surface area contributed by atoms with Gasteiger partial charge in [-0.15, -0.1) is 11.3 Å². The van der Waals surface area contributed by atoms with Crippen LogP contribution in [0.5, 0.6) is 5.75 Å².